The minimum atomic E-state index is 0.608. The van der Waals surface area contributed by atoms with Crippen LogP contribution in [0.25, 0.3) is 22.4 Å². The molecule has 0 aliphatic carbocycles. The molecule has 104 valence electrons. The molecule has 5 heteroatoms. The van der Waals surface area contributed by atoms with Crippen molar-refractivity contribution >= 4 is 11.0 Å². The molecule has 2 heterocycles. The summed E-state index contributed by atoms with van der Waals surface area (Å²) < 4.78 is 7.48. The number of aromatic nitrogens is 3. The predicted octanol–water partition coefficient (Wildman–Crippen LogP) is 3.00. The molecule has 5 nitrogen and oxygen atoms in total. The first kappa shape index (κ1) is 13.1. The molecule has 0 N–H and O–H groups in total. The molecule has 2 aromatic heterocycles. The molecule has 1 aromatic carbocycles. The largest absolute Gasteiger partial charge is 0.494 e. The Morgan fingerprint density at radius 1 is 1.33 bits per heavy atom. The van der Waals surface area contributed by atoms with Gasteiger partial charge in [0.2, 0.25) is 0 Å². The van der Waals surface area contributed by atoms with E-state index in [9.17, 15) is 0 Å². The number of nitrogens with zero attached hydrogens (tertiary/aromatic N) is 4. The van der Waals surface area contributed by atoms with Gasteiger partial charge in [-0.25, -0.2) is 4.98 Å². The summed E-state index contributed by atoms with van der Waals surface area (Å²) in [4.78, 5) is 8.75. The molecule has 21 heavy (non-hydrogen) atoms. The van der Waals surface area contributed by atoms with Gasteiger partial charge in [-0.15, -0.1) is 0 Å². The van der Waals surface area contributed by atoms with Crippen LogP contribution in [-0.4, -0.2) is 21.6 Å². The van der Waals surface area contributed by atoms with E-state index in [4.69, 9.17) is 10.00 Å². The van der Waals surface area contributed by atoms with Crippen molar-refractivity contribution in [2.75, 3.05) is 7.11 Å². The standard InChI is InChI=1S/C16H14N4O/c1-3-20-14-5-4-11(9-17)8-13(14)19-16(20)12-6-7-18-10-15(12)21-2/h4-8,10H,3H2,1-2H3. The van der Waals surface area contributed by atoms with Crippen LogP contribution in [0.3, 0.4) is 0 Å². The maximum absolute atomic E-state index is 9.02. The van der Waals surface area contributed by atoms with E-state index >= 15 is 0 Å². The lowest BCUT2D eigenvalue weighted by molar-refractivity contribution is 0.414. The van der Waals surface area contributed by atoms with E-state index in [0.717, 1.165) is 29.0 Å². The number of imidazole rings is 1. The van der Waals surface area contributed by atoms with Gasteiger partial charge < -0.3 is 9.30 Å². The molecule has 3 aromatic rings. The number of rotatable bonds is 3. The Hall–Kier alpha value is -2.87. The first-order chi connectivity index (χ1) is 10.3. The molecule has 0 spiro atoms. The highest BCUT2D eigenvalue weighted by Gasteiger charge is 2.15. The molecule has 0 fully saturated rings. The number of hydrogen-bond acceptors (Lipinski definition) is 4. The molecular formula is C16H14N4O. The summed E-state index contributed by atoms with van der Waals surface area (Å²) in [5.41, 5.74) is 3.32. The van der Waals surface area contributed by atoms with Crippen LogP contribution >= 0.6 is 0 Å². The normalized spacial score (nSPS) is 10.5. The van der Waals surface area contributed by atoms with E-state index in [1.165, 1.54) is 0 Å². The summed E-state index contributed by atoms with van der Waals surface area (Å²) in [7, 11) is 1.62. The van der Waals surface area contributed by atoms with Crippen molar-refractivity contribution in [1.82, 2.24) is 14.5 Å². The van der Waals surface area contributed by atoms with Crippen molar-refractivity contribution in [3.63, 3.8) is 0 Å². The second kappa shape index (κ2) is 5.25. The van der Waals surface area contributed by atoms with E-state index in [1.54, 1.807) is 25.6 Å². The Balaban J connectivity index is 2.30. The molecule has 3 rings (SSSR count). The predicted molar refractivity (Wildman–Crippen MR) is 79.9 cm³/mol. The van der Waals surface area contributed by atoms with Crippen LogP contribution in [0.15, 0.2) is 36.7 Å². The number of aryl methyl sites for hydroxylation is 1. The Kier molecular flexibility index (Phi) is 3.28. The van der Waals surface area contributed by atoms with E-state index in [1.807, 2.05) is 18.2 Å². The van der Waals surface area contributed by atoms with Crippen molar-refractivity contribution in [2.24, 2.45) is 0 Å². The number of ether oxygens (including phenoxy) is 1. The van der Waals surface area contributed by atoms with E-state index in [-0.39, 0.29) is 0 Å². The van der Waals surface area contributed by atoms with Crippen LogP contribution in [0.1, 0.15) is 12.5 Å². The lowest BCUT2D eigenvalue weighted by atomic mass is 10.2. The zero-order chi connectivity index (χ0) is 14.8. The number of methoxy groups -OCH3 is 1. The van der Waals surface area contributed by atoms with E-state index in [2.05, 4.69) is 27.5 Å². The molecule has 0 bridgehead atoms. The second-order valence-corrected chi connectivity index (χ2v) is 4.57. The van der Waals surface area contributed by atoms with Crippen LogP contribution < -0.4 is 4.74 Å². The fourth-order valence-electron chi connectivity index (χ4n) is 2.45. The topological polar surface area (TPSA) is 63.7 Å². The maximum Gasteiger partial charge on any atom is 0.148 e. The molecule has 0 saturated heterocycles. The number of nitriles is 1. The SMILES string of the molecule is CCn1c(-c2ccncc2OC)nc2cc(C#N)ccc21. The van der Waals surface area contributed by atoms with Gasteiger partial charge in [0.05, 0.1) is 41.5 Å². The van der Waals surface area contributed by atoms with Gasteiger partial charge >= 0.3 is 0 Å². The van der Waals surface area contributed by atoms with Gasteiger partial charge in [0.15, 0.2) is 0 Å². The van der Waals surface area contributed by atoms with Crippen molar-refractivity contribution in [3.8, 4) is 23.2 Å². The highest BCUT2D eigenvalue weighted by atomic mass is 16.5. The van der Waals surface area contributed by atoms with Crippen LogP contribution in [-0.2, 0) is 6.54 Å². The highest BCUT2D eigenvalue weighted by molar-refractivity contribution is 5.83. The summed E-state index contributed by atoms with van der Waals surface area (Å²) >= 11 is 0. The lowest BCUT2D eigenvalue weighted by Gasteiger charge is -2.09. The van der Waals surface area contributed by atoms with Gasteiger partial charge in [0.25, 0.3) is 0 Å². The minimum absolute atomic E-state index is 0.608. The van der Waals surface area contributed by atoms with Crippen LogP contribution in [0.2, 0.25) is 0 Å². The molecule has 0 aliphatic rings. The van der Waals surface area contributed by atoms with Crippen LogP contribution in [0.5, 0.6) is 5.75 Å². The molecule has 0 aliphatic heterocycles. The average molecular weight is 278 g/mol. The quantitative estimate of drug-likeness (QED) is 0.738. The summed E-state index contributed by atoms with van der Waals surface area (Å²) in [5, 5.41) is 9.02. The van der Waals surface area contributed by atoms with Crippen LogP contribution in [0.4, 0.5) is 0 Å². The third kappa shape index (κ3) is 2.11. The summed E-state index contributed by atoms with van der Waals surface area (Å²) in [6.07, 6.45) is 3.40. The van der Waals surface area contributed by atoms with Gasteiger partial charge in [0.1, 0.15) is 11.6 Å². The summed E-state index contributed by atoms with van der Waals surface area (Å²) in [6.45, 7) is 2.85. The number of hydrogen-bond donors (Lipinski definition) is 0. The first-order valence-corrected chi connectivity index (χ1v) is 6.67. The van der Waals surface area contributed by atoms with Gasteiger partial charge in [-0.1, -0.05) is 0 Å². The van der Waals surface area contributed by atoms with Gasteiger partial charge in [-0.3, -0.25) is 4.98 Å². The molecule has 0 atom stereocenters. The number of fused-ring (bicyclic) bond motifs is 1. The van der Waals surface area contributed by atoms with Crippen LogP contribution in [0, 0.1) is 11.3 Å². The summed E-state index contributed by atoms with van der Waals surface area (Å²) in [5.74, 6) is 1.50. The van der Waals surface area contributed by atoms with Crippen molar-refractivity contribution in [1.29, 1.82) is 5.26 Å². The zero-order valence-corrected chi connectivity index (χ0v) is 11.9. The molecule has 0 amide bonds. The molecule has 0 radical (unpaired) electrons. The zero-order valence-electron chi connectivity index (χ0n) is 11.9. The van der Waals surface area contributed by atoms with E-state index < -0.39 is 0 Å². The maximum atomic E-state index is 9.02. The molecular weight excluding hydrogens is 264 g/mol. The van der Waals surface area contributed by atoms with Crippen molar-refractivity contribution in [2.45, 2.75) is 13.5 Å². The first-order valence-electron chi connectivity index (χ1n) is 6.67. The second-order valence-electron chi connectivity index (χ2n) is 4.57. The average Bonchev–Trinajstić information content (AvgIpc) is 2.91. The Labute approximate surface area is 122 Å². The van der Waals surface area contributed by atoms with Gasteiger partial charge in [0, 0.05) is 12.7 Å². The summed E-state index contributed by atoms with van der Waals surface area (Å²) in [6, 6.07) is 9.58. The van der Waals surface area contributed by atoms with E-state index in [0.29, 0.717) is 11.3 Å². The number of pyridine rings is 1. The fraction of sp³-hybridized carbons (Fsp3) is 0.188. The smallest absolute Gasteiger partial charge is 0.148 e. The number of benzene rings is 1. The van der Waals surface area contributed by atoms with Crippen molar-refractivity contribution in [3.05, 3.63) is 42.2 Å². The fourth-order valence-corrected chi connectivity index (χ4v) is 2.45. The van der Waals surface area contributed by atoms with Gasteiger partial charge in [-0.05, 0) is 31.2 Å². The Morgan fingerprint density at radius 2 is 2.19 bits per heavy atom. The lowest BCUT2D eigenvalue weighted by Crippen LogP contribution is -1.99. The third-order valence-electron chi connectivity index (χ3n) is 3.44. The monoisotopic (exact) mass is 278 g/mol. The molecule has 0 unspecified atom stereocenters. The molecule has 0 saturated carbocycles. The minimum Gasteiger partial charge on any atom is -0.494 e. The van der Waals surface area contributed by atoms with Gasteiger partial charge in [-0.2, -0.15) is 5.26 Å². The van der Waals surface area contributed by atoms with Crippen molar-refractivity contribution < 1.29 is 4.74 Å². The Bertz CT molecular complexity index is 845. The Morgan fingerprint density at radius 3 is 2.90 bits per heavy atom. The highest BCUT2D eigenvalue weighted by Crippen LogP contribution is 2.31. The third-order valence-corrected chi connectivity index (χ3v) is 3.44.